The van der Waals surface area contributed by atoms with Crippen molar-refractivity contribution in [2.75, 3.05) is 7.11 Å². The number of carboxylic acids is 1. The van der Waals surface area contributed by atoms with Gasteiger partial charge in [-0.05, 0) is 19.1 Å². The normalized spacial score (nSPS) is 10.4. The van der Waals surface area contributed by atoms with Crippen molar-refractivity contribution in [3.63, 3.8) is 0 Å². The van der Waals surface area contributed by atoms with E-state index in [9.17, 15) is 9.18 Å². The molecule has 94 valence electrons. The molecule has 0 unspecified atom stereocenters. The van der Waals surface area contributed by atoms with Crippen molar-refractivity contribution in [1.29, 1.82) is 0 Å². The molecule has 1 aromatic carbocycles. The van der Waals surface area contributed by atoms with E-state index in [1.54, 1.807) is 13.0 Å². The number of benzene rings is 1. The van der Waals surface area contributed by atoms with E-state index in [2.05, 4.69) is 4.98 Å². The fourth-order valence-corrected chi connectivity index (χ4v) is 2.34. The summed E-state index contributed by atoms with van der Waals surface area (Å²) in [5, 5.41) is 9.64. The Hall–Kier alpha value is -1.95. The molecule has 18 heavy (non-hydrogen) atoms. The zero-order chi connectivity index (χ0) is 13.3. The molecule has 1 aromatic heterocycles. The first-order valence-corrected chi connectivity index (χ1v) is 5.89. The van der Waals surface area contributed by atoms with Gasteiger partial charge in [0.15, 0.2) is 0 Å². The smallest absolute Gasteiger partial charge is 0.348 e. The molecule has 0 spiro atoms. The van der Waals surface area contributed by atoms with E-state index in [-0.39, 0.29) is 16.1 Å². The molecule has 0 bridgehead atoms. The summed E-state index contributed by atoms with van der Waals surface area (Å²) in [6, 6.07) is 4.24. The van der Waals surface area contributed by atoms with Crippen LogP contribution in [0.5, 0.6) is 5.75 Å². The average Bonchev–Trinajstić information content (AvgIpc) is 2.71. The van der Waals surface area contributed by atoms with Crippen LogP contribution in [-0.2, 0) is 0 Å². The Morgan fingerprint density at radius 2 is 2.22 bits per heavy atom. The minimum Gasteiger partial charge on any atom is -0.497 e. The number of hydrogen-bond acceptors (Lipinski definition) is 4. The molecule has 0 atom stereocenters. The van der Waals surface area contributed by atoms with Gasteiger partial charge in [0, 0.05) is 11.6 Å². The molecule has 0 aliphatic heterocycles. The number of carbonyl (C=O) groups is 1. The summed E-state index contributed by atoms with van der Waals surface area (Å²) in [5.41, 5.74) is 0.322. The molecular formula is C12H10FNO3S. The van der Waals surface area contributed by atoms with E-state index >= 15 is 0 Å². The van der Waals surface area contributed by atoms with E-state index in [0.29, 0.717) is 10.8 Å². The lowest BCUT2D eigenvalue weighted by Gasteiger charge is -2.04. The number of aromatic nitrogens is 1. The van der Waals surface area contributed by atoms with Gasteiger partial charge < -0.3 is 9.84 Å². The highest BCUT2D eigenvalue weighted by Gasteiger charge is 2.20. The molecule has 0 radical (unpaired) electrons. The fourth-order valence-electron chi connectivity index (χ4n) is 1.57. The summed E-state index contributed by atoms with van der Waals surface area (Å²) >= 11 is 1.03. The predicted molar refractivity (Wildman–Crippen MR) is 65.8 cm³/mol. The van der Waals surface area contributed by atoms with Gasteiger partial charge in [-0.2, -0.15) is 0 Å². The molecule has 0 fully saturated rings. The van der Waals surface area contributed by atoms with Gasteiger partial charge in [0.25, 0.3) is 0 Å². The highest BCUT2D eigenvalue weighted by atomic mass is 32.1. The number of rotatable bonds is 3. The first kappa shape index (κ1) is 12.5. The van der Waals surface area contributed by atoms with Crippen LogP contribution in [0.1, 0.15) is 14.7 Å². The van der Waals surface area contributed by atoms with Crippen molar-refractivity contribution in [3.05, 3.63) is 33.9 Å². The second-order valence-electron chi connectivity index (χ2n) is 3.56. The fraction of sp³-hybridized carbons (Fsp3) is 0.167. The van der Waals surface area contributed by atoms with E-state index in [4.69, 9.17) is 9.84 Å². The van der Waals surface area contributed by atoms with Gasteiger partial charge in [0.1, 0.15) is 16.4 Å². The molecule has 0 aliphatic rings. The zero-order valence-corrected chi connectivity index (χ0v) is 10.5. The van der Waals surface area contributed by atoms with Gasteiger partial charge in [0.05, 0.1) is 17.8 Å². The van der Waals surface area contributed by atoms with Crippen LogP contribution in [0, 0.1) is 12.7 Å². The van der Waals surface area contributed by atoms with Crippen molar-refractivity contribution in [3.8, 4) is 17.0 Å². The lowest BCUT2D eigenvalue weighted by atomic mass is 10.1. The number of thiazole rings is 1. The first-order valence-electron chi connectivity index (χ1n) is 5.07. The van der Waals surface area contributed by atoms with Gasteiger partial charge >= 0.3 is 5.97 Å². The number of aryl methyl sites for hydroxylation is 1. The van der Waals surface area contributed by atoms with Crippen LogP contribution in [-0.4, -0.2) is 23.2 Å². The van der Waals surface area contributed by atoms with Gasteiger partial charge in [0.2, 0.25) is 0 Å². The maximum Gasteiger partial charge on any atom is 0.348 e. The molecular weight excluding hydrogens is 257 g/mol. The lowest BCUT2D eigenvalue weighted by molar-refractivity contribution is 0.0702. The zero-order valence-electron chi connectivity index (χ0n) is 9.73. The number of ether oxygens (including phenoxy) is 1. The third-order valence-corrected chi connectivity index (χ3v) is 3.32. The Morgan fingerprint density at radius 1 is 1.50 bits per heavy atom. The summed E-state index contributed by atoms with van der Waals surface area (Å²) in [4.78, 5) is 15.2. The molecule has 0 amide bonds. The van der Waals surface area contributed by atoms with Gasteiger partial charge in [-0.1, -0.05) is 0 Å². The molecule has 2 rings (SSSR count). The van der Waals surface area contributed by atoms with E-state index in [1.807, 2.05) is 0 Å². The minimum atomic E-state index is -1.11. The van der Waals surface area contributed by atoms with Crippen LogP contribution < -0.4 is 4.74 Å². The SMILES string of the molecule is COc1ccc(-c2nc(C)sc2C(=O)O)c(F)c1. The minimum absolute atomic E-state index is 0.0385. The lowest BCUT2D eigenvalue weighted by Crippen LogP contribution is -1.97. The van der Waals surface area contributed by atoms with Crippen molar-refractivity contribution < 1.29 is 19.0 Å². The standard InChI is InChI=1S/C12H10FNO3S/c1-6-14-10(11(18-6)12(15)16)8-4-3-7(17-2)5-9(8)13/h3-5H,1-2H3,(H,15,16). The quantitative estimate of drug-likeness (QED) is 0.928. The van der Waals surface area contributed by atoms with E-state index in [0.717, 1.165) is 11.3 Å². The van der Waals surface area contributed by atoms with Gasteiger partial charge in [-0.15, -0.1) is 11.3 Å². The molecule has 6 heteroatoms. The van der Waals surface area contributed by atoms with Gasteiger partial charge in [-0.25, -0.2) is 14.2 Å². The third kappa shape index (κ3) is 2.19. The molecule has 2 aromatic rings. The average molecular weight is 267 g/mol. The maximum absolute atomic E-state index is 13.9. The van der Waals surface area contributed by atoms with Crippen molar-refractivity contribution in [1.82, 2.24) is 4.98 Å². The summed E-state index contributed by atoms with van der Waals surface area (Å²) in [5.74, 6) is -1.28. The largest absolute Gasteiger partial charge is 0.497 e. The number of hydrogen-bond donors (Lipinski definition) is 1. The Balaban J connectivity index is 2.58. The number of methoxy groups -OCH3 is 1. The van der Waals surface area contributed by atoms with Crippen molar-refractivity contribution in [2.45, 2.75) is 6.92 Å². The molecule has 0 saturated carbocycles. The van der Waals surface area contributed by atoms with Crippen LogP contribution in [0.4, 0.5) is 4.39 Å². The van der Waals surface area contributed by atoms with Crippen LogP contribution in [0.2, 0.25) is 0 Å². The van der Waals surface area contributed by atoms with E-state index in [1.165, 1.54) is 19.2 Å². The van der Waals surface area contributed by atoms with Crippen LogP contribution in [0.3, 0.4) is 0 Å². The summed E-state index contributed by atoms with van der Waals surface area (Å²) in [6.45, 7) is 1.68. The third-order valence-electron chi connectivity index (χ3n) is 2.36. The number of aromatic carboxylic acids is 1. The summed E-state index contributed by atoms with van der Waals surface area (Å²) in [6.07, 6.45) is 0. The monoisotopic (exact) mass is 267 g/mol. The van der Waals surface area contributed by atoms with Crippen molar-refractivity contribution >= 4 is 17.3 Å². The van der Waals surface area contributed by atoms with Crippen LogP contribution in [0.25, 0.3) is 11.3 Å². The van der Waals surface area contributed by atoms with Crippen molar-refractivity contribution in [2.24, 2.45) is 0 Å². The molecule has 1 N–H and O–H groups in total. The van der Waals surface area contributed by atoms with Gasteiger partial charge in [-0.3, -0.25) is 0 Å². The highest BCUT2D eigenvalue weighted by Crippen LogP contribution is 2.31. The Kier molecular flexibility index (Phi) is 3.29. The second kappa shape index (κ2) is 4.73. The molecule has 0 saturated heterocycles. The number of nitrogens with zero attached hydrogens (tertiary/aromatic N) is 1. The molecule has 0 aliphatic carbocycles. The maximum atomic E-state index is 13.9. The Morgan fingerprint density at radius 3 is 2.78 bits per heavy atom. The molecule has 1 heterocycles. The number of halogens is 1. The Labute approximate surface area is 107 Å². The number of carboxylic acid groups (broad SMARTS) is 1. The van der Waals surface area contributed by atoms with E-state index < -0.39 is 11.8 Å². The Bertz CT molecular complexity index is 609. The highest BCUT2D eigenvalue weighted by molar-refractivity contribution is 7.14. The predicted octanol–water partition coefficient (Wildman–Crippen LogP) is 2.96. The first-order chi connectivity index (χ1) is 8.52. The molecule has 4 nitrogen and oxygen atoms in total. The summed E-state index contributed by atoms with van der Waals surface area (Å²) < 4.78 is 18.8. The summed E-state index contributed by atoms with van der Waals surface area (Å²) in [7, 11) is 1.43. The topological polar surface area (TPSA) is 59.4 Å². The van der Waals surface area contributed by atoms with Crippen LogP contribution in [0.15, 0.2) is 18.2 Å². The second-order valence-corrected chi connectivity index (χ2v) is 4.76. The van der Waals surface area contributed by atoms with Crippen LogP contribution >= 0.6 is 11.3 Å².